The molecule has 0 fully saturated rings. The maximum Gasteiger partial charge on any atom is 0.179 e. The van der Waals surface area contributed by atoms with Gasteiger partial charge in [-0.15, -0.1) is 12.4 Å². The first-order valence-corrected chi connectivity index (χ1v) is 4.99. The summed E-state index contributed by atoms with van der Waals surface area (Å²) in [5.74, 6) is 0.159. The zero-order chi connectivity index (χ0) is 10.6. The molecule has 0 aromatic heterocycles. The van der Waals surface area contributed by atoms with E-state index in [0.29, 0.717) is 0 Å². The second-order valence-corrected chi connectivity index (χ2v) is 3.51. The Bertz CT molecular complexity index is 308. The lowest BCUT2D eigenvalue weighted by Gasteiger charge is -2.10. The molecule has 0 aliphatic rings. The minimum Gasteiger partial charge on any atom is -0.308 e. The minimum atomic E-state index is -0.0947. The molecule has 84 valence electrons. The van der Waals surface area contributed by atoms with Gasteiger partial charge in [-0.25, -0.2) is 0 Å². The quantitative estimate of drug-likeness (QED) is 0.802. The third-order valence-corrected chi connectivity index (χ3v) is 2.24. The molecule has 1 rings (SSSR count). The van der Waals surface area contributed by atoms with E-state index in [-0.39, 0.29) is 24.2 Å². The number of likely N-dealkylation sites (N-methyl/N-ethyl adjacent to an activating group) is 1. The Labute approximate surface area is 97.5 Å². The van der Waals surface area contributed by atoms with Crippen molar-refractivity contribution in [3.63, 3.8) is 0 Å². The Hall–Kier alpha value is -0.860. The zero-order valence-electron chi connectivity index (χ0n) is 9.41. The summed E-state index contributed by atoms with van der Waals surface area (Å²) in [5, 5.41) is 3.11. The molecular weight excluding hydrogens is 210 g/mol. The molecule has 0 heterocycles. The van der Waals surface area contributed by atoms with Gasteiger partial charge in [-0.05, 0) is 20.4 Å². The Morgan fingerprint density at radius 2 is 1.87 bits per heavy atom. The van der Waals surface area contributed by atoms with Gasteiger partial charge in [0.15, 0.2) is 5.78 Å². The smallest absolute Gasteiger partial charge is 0.179 e. The average molecular weight is 228 g/mol. The van der Waals surface area contributed by atoms with E-state index in [1.807, 2.05) is 45.0 Å². The van der Waals surface area contributed by atoms with Crippen LogP contribution in [0.2, 0.25) is 0 Å². The standard InChI is InChI=1S/C12H17NO.ClH/c1-4-13-10(3)12(14)11-7-5-9(2)6-8-11;/h5-8,10,13H,4H2,1-3H3;1H. The maximum absolute atomic E-state index is 11.8. The molecular formula is C12H18ClNO. The molecule has 1 N–H and O–H groups in total. The van der Waals surface area contributed by atoms with E-state index in [4.69, 9.17) is 0 Å². The largest absolute Gasteiger partial charge is 0.308 e. The number of benzene rings is 1. The van der Waals surface area contributed by atoms with E-state index < -0.39 is 0 Å². The van der Waals surface area contributed by atoms with Crippen molar-refractivity contribution in [2.45, 2.75) is 26.8 Å². The van der Waals surface area contributed by atoms with E-state index >= 15 is 0 Å². The van der Waals surface area contributed by atoms with Crippen molar-refractivity contribution >= 4 is 18.2 Å². The lowest BCUT2D eigenvalue weighted by atomic mass is 10.0. The van der Waals surface area contributed by atoms with Crippen molar-refractivity contribution < 1.29 is 4.79 Å². The highest BCUT2D eigenvalue weighted by Crippen LogP contribution is 2.06. The first kappa shape index (κ1) is 14.1. The number of hydrogen-bond donors (Lipinski definition) is 1. The summed E-state index contributed by atoms with van der Waals surface area (Å²) in [6.07, 6.45) is 0. The molecule has 1 unspecified atom stereocenters. The Morgan fingerprint density at radius 3 is 2.33 bits per heavy atom. The monoisotopic (exact) mass is 227 g/mol. The van der Waals surface area contributed by atoms with Gasteiger partial charge in [0.25, 0.3) is 0 Å². The van der Waals surface area contributed by atoms with Crippen LogP contribution in [0.25, 0.3) is 0 Å². The molecule has 1 aromatic carbocycles. The van der Waals surface area contributed by atoms with Crippen molar-refractivity contribution in [1.82, 2.24) is 5.32 Å². The number of aryl methyl sites for hydroxylation is 1. The Kier molecular flexibility index (Phi) is 6.21. The van der Waals surface area contributed by atoms with Crippen LogP contribution in [-0.4, -0.2) is 18.4 Å². The van der Waals surface area contributed by atoms with Gasteiger partial charge in [0.05, 0.1) is 6.04 Å². The van der Waals surface area contributed by atoms with Crippen LogP contribution in [0.4, 0.5) is 0 Å². The highest BCUT2D eigenvalue weighted by atomic mass is 35.5. The first-order valence-electron chi connectivity index (χ1n) is 4.99. The van der Waals surface area contributed by atoms with Crippen molar-refractivity contribution in [2.75, 3.05) is 6.54 Å². The van der Waals surface area contributed by atoms with E-state index in [1.54, 1.807) is 0 Å². The number of nitrogens with one attached hydrogen (secondary N) is 1. The van der Waals surface area contributed by atoms with Crippen LogP contribution in [0.1, 0.15) is 29.8 Å². The third-order valence-electron chi connectivity index (χ3n) is 2.24. The summed E-state index contributed by atoms with van der Waals surface area (Å²) < 4.78 is 0. The van der Waals surface area contributed by atoms with Crippen LogP contribution >= 0.6 is 12.4 Å². The lowest BCUT2D eigenvalue weighted by molar-refractivity contribution is 0.0952. The van der Waals surface area contributed by atoms with Gasteiger partial charge in [-0.2, -0.15) is 0 Å². The van der Waals surface area contributed by atoms with Gasteiger partial charge in [0.2, 0.25) is 0 Å². The van der Waals surface area contributed by atoms with Gasteiger partial charge in [0, 0.05) is 5.56 Å². The summed E-state index contributed by atoms with van der Waals surface area (Å²) >= 11 is 0. The van der Waals surface area contributed by atoms with Crippen molar-refractivity contribution in [2.24, 2.45) is 0 Å². The highest BCUT2D eigenvalue weighted by molar-refractivity contribution is 5.99. The topological polar surface area (TPSA) is 29.1 Å². The molecule has 0 aliphatic heterocycles. The van der Waals surface area contributed by atoms with Crippen LogP contribution in [0.15, 0.2) is 24.3 Å². The van der Waals surface area contributed by atoms with Crippen LogP contribution in [-0.2, 0) is 0 Å². The third kappa shape index (κ3) is 4.02. The predicted molar refractivity (Wildman–Crippen MR) is 65.9 cm³/mol. The molecule has 2 nitrogen and oxygen atoms in total. The molecule has 15 heavy (non-hydrogen) atoms. The molecule has 1 aromatic rings. The molecule has 0 saturated heterocycles. The lowest BCUT2D eigenvalue weighted by Crippen LogP contribution is -2.33. The number of rotatable bonds is 4. The van der Waals surface area contributed by atoms with Crippen molar-refractivity contribution in [3.8, 4) is 0 Å². The fourth-order valence-electron chi connectivity index (χ4n) is 1.37. The molecule has 0 amide bonds. The number of hydrogen-bond acceptors (Lipinski definition) is 2. The van der Waals surface area contributed by atoms with Crippen LogP contribution in [0.5, 0.6) is 0 Å². The van der Waals surface area contributed by atoms with Gasteiger partial charge in [-0.1, -0.05) is 36.8 Å². The van der Waals surface area contributed by atoms with E-state index in [1.165, 1.54) is 5.56 Å². The predicted octanol–water partition coefficient (Wildman–Crippen LogP) is 2.60. The van der Waals surface area contributed by atoms with Gasteiger partial charge < -0.3 is 5.32 Å². The summed E-state index contributed by atoms with van der Waals surface area (Å²) in [4.78, 5) is 11.8. The normalized spacial score (nSPS) is 11.7. The fraction of sp³-hybridized carbons (Fsp3) is 0.417. The van der Waals surface area contributed by atoms with Gasteiger partial charge in [-0.3, -0.25) is 4.79 Å². The zero-order valence-corrected chi connectivity index (χ0v) is 10.2. The molecule has 3 heteroatoms. The minimum absolute atomic E-state index is 0. The summed E-state index contributed by atoms with van der Waals surface area (Å²) in [6, 6.07) is 7.59. The number of halogens is 1. The van der Waals surface area contributed by atoms with Crippen molar-refractivity contribution in [1.29, 1.82) is 0 Å². The number of carbonyl (C=O) groups is 1. The maximum atomic E-state index is 11.8. The second-order valence-electron chi connectivity index (χ2n) is 3.51. The molecule has 0 aliphatic carbocycles. The molecule has 0 spiro atoms. The van der Waals surface area contributed by atoms with Crippen molar-refractivity contribution in [3.05, 3.63) is 35.4 Å². The molecule has 1 atom stereocenters. The van der Waals surface area contributed by atoms with E-state index in [2.05, 4.69) is 5.32 Å². The average Bonchev–Trinajstić information content (AvgIpc) is 2.18. The summed E-state index contributed by atoms with van der Waals surface area (Å²) in [5.41, 5.74) is 1.96. The Balaban J connectivity index is 0.00000196. The van der Waals surface area contributed by atoms with E-state index in [0.717, 1.165) is 12.1 Å². The van der Waals surface area contributed by atoms with Crippen LogP contribution < -0.4 is 5.32 Å². The Morgan fingerprint density at radius 1 is 1.33 bits per heavy atom. The molecule has 0 radical (unpaired) electrons. The fourth-order valence-corrected chi connectivity index (χ4v) is 1.37. The van der Waals surface area contributed by atoms with Gasteiger partial charge >= 0.3 is 0 Å². The molecule has 0 saturated carbocycles. The van der Waals surface area contributed by atoms with E-state index in [9.17, 15) is 4.79 Å². The number of carbonyl (C=O) groups excluding carboxylic acids is 1. The first-order chi connectivity index (χ1) is 6.65. The number of ketones is 1. The molecule has 0 bridgehead atoms. The summed E-state index contributed by atoms with van der Waals surface area (Å²) in [7, 11) is 0. The summed E-state index contributed by atoms with van der Waals surface area (Å²) in [6.45, 7) is 6.73. The van der Waals surface area contributed by atoms with Gasteiger partial charge in [0.1, 0.15) is 0 Å². The van der Waals surface area contributed by atoms with Crippen LogP contribution in [0, 0.1) is 6.92 Å². The number of Topliss-reactive ketones (excluding diaryl/α,β-unsaturated/α-hetero) is 1. The van der Waals surface area contributed by atoms with Crippen LogP contribution in [0.3, 0.4) is 0 Å². The highest BCUT2D eigenvalue weighted by Gasteiger charge is 2.12. The second kappa shape index (κ2) is 6.59. The SMILES string of the molecule is CCNC(C)C(=O)c1ccc(C)cc1.Cl.